The van der Waals surface area contributed by atoms with Gasteiger partial charge in [0.25, 0.3) is 0 Å². The van der Waals surface area contributed by atoms with Gasteiger partial charge in [-0.1, -0.05) is 46.8 Å². The Labute approximate surface area is 247 Å². The summed E-state index contributed by atoms with van der Waals surface area (Å²) in [5.41, 5.74) is 5.73. The van der Waals surface area contributed by atoms with Crippen molar-refractivity contribution in [2.45, 2.75) is 95.7 Å². The Morgan fingerprint density at radius 2 is 1.31 bits per heavy atom. The third-order valence-corrected chi connectivity index (χ3v) is 9.44. The average Bonchev–Trinajstić information content (AvgIpc) is 2.88. The molecule has 1 aliphatic carbocycles. The minimum Gasteiger partial charge on any atom is -0.478 e. The van der Waals surface area contributed by atoms with Gasteiger partial charge in [-0.05, 0) is 78.8 Å². The van der Waals surface area contributed by atoms with Crippen molar-refractivity contribution in [3.05, 3.63) is 58.7 Å². The second kappa shape index (κ2) is 11.9. The molecule has 0 aromatic heterocycles. The molecule has 5 rings (SSSR count). The normalized spacial score (nSPS) is 26.6. The first kappa shape index (κ1) is 29.2. The molecule has 0 bridgehead atoms. The quantitative estimate of drug-likeness (QED) is 0.322. The molecular formula is C33H48N2O2S2. The molecule has 0 radical (unpaired) electrons. The minimum absolute atomic E-state index is 0.0327. The first-order valence-corrected chi connectivity index (χ1v) is 15.9. The lowest BCUT2D eigenvalue weighted by atomic mass is 9.55. The molecule has 0 N–H and O–H groups in total. The predicted molar refractivity (Wildman–Crippen MR) is 168 cm³/mol. The maximum Gasteiger partial charge on any atom is 0.142 e. The van der Waals surface area contributed by atoms with Crippen molar-refractivity contribution in [2.24, 2.45) is 11.3 Å². The zero-order valence-corrected chi connectivity index (χ0v) is 26.4. The molecule has 39 heavy (non-hydrogen) atoms. The van der Waals surface area contributed by atoms with E-state index in [-0.39, 0.29) is 10.8 Å². The van der Waals surface area contributed by atoms with Crippen LogP contribution in [-0.4, -0.2) is 46.9 Å². The molecule has 214 valence electrons. The molecule has 1 saturated carbocycles. The molecule has 6 heteroatoms. The van der Waals surface area contributed by atoms with Crippen LogP contribution >= 0.6 is 25.3 Å². The molecule has 3 unspecified atom stereocenters. The smallest absolute Gasteiger partial charge is 0.142 e. The molecule has 0 amide bonds. The van der Waals surface area contributed by atoms with E-state index in [1.165, 1.54) is 28.7 Å². The van der Waals surface area contributed by atoms with E-state index in [1.54, 1.807) is 0 Å². The molecule has 2 aromatic rings. The van der Waals surface area contributed by atoms with Gasteiger partial charge in [0.15, 0.2) is 0 Å². The van der Waals surface area contributed by atoms with Crippen LogP contribution in [0.4, 0.5) is 0 Å². The van der Waals surface area contributed by atoms with E-state index < -0.39 is 0 Å². The van der Waals surface area contributed by atoms with Gasteiger partial charge >= 0.3 is 0 Å². The largest absolute Gasteiger partial charge is 0.478 e. The van der Waals surface area contributed by atoms with Crippen LogP contribution in [0.2, 0.25) is 0 Å². The summed E-state index contributed by atoms with van der Waals surface area (Å²) < 4.78 is 12.4. The van der Waals surface area contributed by atoms with Gasteiger partial charge in [-0.25, -0.2) is 0 Å². The summed E-state index contributed by atoms with van der Waals surface area (Å²) in [6.45, 7) is 16.9. The SMILES string of the molecule is CC(S)CCN1COc2ccc(C3(c4ccc5c(c4)CN(CCC(C)S)CO5)CC(C)CC(C)(C)C3)cc2C1. The maximum absolute atomic E-state index is 6.21. The second-order valence-corrected chi connectivity index (χ2v) is 15.3. The van der Waals surface area contributed by atoms with Crippen LogP contribution in [0.15, 0.2) is 36.4 Å². The molecule has 3 aliphatic rings. The highest BCUT2D eigenvalue weighted by molar-refractivity contribution is 7.81. The van der Waals surface area contributed by atoms with E-state index in [4.69, 9.17) is 9.47 Å². The summed E-state index contributed by atoms with van der Waals surface area (Å²) in [5.74, 6) is 2.73. The first-order valence-electron chi connectivity index (χ1n) is 14.9. The van der Waals surface area contributed by atoms with Gasteiger partial charge in [0.1, 0.15) is 25.0 Å². The van der Waals surface area contributed by atoms with E-state index in [2.05, 4.69) is 106 Å². The summed E-state index contributed by atoms with van der Waals surface area (Å²) in [7, 11) is 0. The Kier molecular flexibility index (Phi) is 8.88. The number of benzene rings is 2. The van der Waals surface area contributed by atoms with E-state index >= 15 is 0 Å². The summed E-state index contributed by atoms with van der Waals surface area (Å²) in [5, 5.41) is 0.800. The summed E-state index contributed by atoms with van der Waals surface area (Å²) >= 11 is 9.19. The number of rotatable bonds is 8. The minimum atomic E-state index is -0.0327. The number of thiol groups is 2. The van der Waals surface area contributed by atoms with Crippen molar-refractivity contribution in [3.63, 3.8) is 0 Å². The monoisotopic (exact) mass is 568 g/mol. The van der Waals surface area contributed by atoms with Crippen molar-refractivity contribution in [1.82, 2.24) is 9.80 Å². The highest BCUT2D eigenvalue weighted by Gasteiger charge is 2.46. The molecule has 1 fully saturated rings. The number of hydrogen-bond acceptors (Lipinski definition) is 6. The Bertz CT molecular complexity index is 1080. The molecule has 3 atom stereocenters. The van der Waals surface area contributed by atoms with E-state index in [0.717, 1.165) is 63.4 Å². The molecule has 2 aliphatic heterocycles. The van der Waals surface area contributed by atoms with Crippen molar-refractivity contribution in [3.8, 4) is 11.5 Å². The van der Waals surface area contributed by atoms with E-state index in [0.29, 0.717) is 29.9 Å². The van der Waals surface area contributed by atoms with Crippen LogP contribution in [0.5, 0.6) is 11.5 Å². The fourth-order valence-corrected chi connectivity index (χ4v) is 7.61. The van der Waals surface area contributed by atoms with Gasteiger partial charge in [-0.2, -0.15) is 25.3 Å². The van der Waals surface area contributed by atoms with Crippen molar-refractivity contribution >= 4 is 25.3 Å². The molecule has 0 saturated heterocycles. The van der Waals surface area contributed by atoms with Crippen molar-refractivity contribution in [2.75, 3.05) is 26.6 Å². The highest BCUT2D eigenvalue weighted by Crippen LogP contribution is 2.54. The number of ether oxygens (including phenoxy) is 2. The zero-order chi connectivity index (χ0) is 27.8. The van der Waals surface area contributed by atoms with Gasteiger partial charge in [0, 0.05) is 53.2 Å². The third kappa shape index (κ3) is 6.77. The van der Waals surface area contributed by atoms with Gasteiger partial charge in [0.05, 0.1) is 0 Å². The van der Waals surface area contributed by atoms with Crippen LogP contribution in [0.1, 0.15) is 89.0 Å². The lowest BCUT2D eigenvalue weighted by Crippen LogP contribution is -2.41. The van der Waals surface area contributed by atoms with E-state index in [1.807, 2.05) is 0 Å². The average molecular weight is 569 g/mol. The molecule has 0 spiro atoms. The van der Waals surface area contributed by atoms with Gasteiger partial charge in [-0.3, -0.25) is 9.80 Å². The summed E-state index contributed by atoms with van der Waals surface area (Å²) in [4.78, 5) is 4.82. The summed E-state index contributed by atoms with van der Waals surface area (Å²) in [6.07, 6.45) is 5.71. The summed E-state index contributed by atoms with van der Waals surface area (Å²) in [6, 6.07) is 14.1. The van der Waals surface area contributed by atoms with Crippen molar-refractivity contribution in [1.29, 1.82) is 0 Å². The Balaban J connectivity index is 1.50. The van der Waals surface area contributed by atoms with Gasteiger partial charge in [0.2, 0.25) is 0 Å². The van der Waals surface area contributed by atoms with Crippen LogP contribution in [0.25, 0.3) is 0 Å². The molecule has 2 heterocycles. The number of nitrogens with zero attached hydrogens (tertiary/aromatic N) is 2. The zero-order valence-electron chi connectivity index (χ0n) is 24.6. The Hall–Kier alpha value is -1.34. The maximum atomic E-state index is 6.21. The third-order valence-electron chi connectivity index (χ3n) is 8.92. The predicted octanol–water partition coefficient (Wildman–Crippen LogP) is 7.54. The lowest BCUT2D eigenvalue weighted by Gasteiger charge is -2.49. The highest BCUT2D eigenvalue weighted by atomic mass is 32.1. The molecule has 2 aromatic carbocycles. The van der Waals surface area contributed by atoms with Gasteiger partial charge < -0.3 is 9.47 Å². The Morgan fingerprint density at radius 3 is 1.74 bits per heavy atom. The van der Waals surface area contributed by atoms with Crippen LogP contribution in [0, 0.1) is 11.3 Å². The lowest BCUT2D eigenvalue weighted by molar-refractivity contribution is 0.0930. The van der Waals surface area contributed by atoms with Gasteiger partial charge in [-0.15, -0.1) is 0 Å². The molecule has 4 nitrogen and oxygen atoms in total. The Morgan fingerprint density at radius 1 is 0.821 bits per heavy atom. The molecular weight excluding hydrogens is 521 g/mol. The van der Waals surface area contributed by atoms with Crippen LogP contribution < -0.4 is 9.47 Å². The second-order valence-electron chi connectivity index (χ2n) is 13.5. The van der Waals surface area contributed by atoms with Crippen LogP contribution in [0.3, 0.4) is 0 Å². The number of hydrogen-bond donors (Lipinski definition) is 2. The topological polar surface area (TPSA) is 24.9 Å². The standard InChI is InChI=1S/C33H48N2O2S2/c1-23-16-32(4,5)20-33(17-23,28-6-8-30-26(14-28)18-34(21-36-30)12-10-24(2)38)29-7-9-31-27(15-29)19-35(22-37-31)13-11-25(3)39/h6-9,14-15,23-25,38-39H,10-13,16-22H2,1-5H3. The van der Waals surface area contributed by atoms with Crippen LogP contribution in [-0.2, 0) is 18.5 Å². The van der Waals surface area contributed by atoms with Crippen molar-refractivity contribution < 1.29 is 9.47 Å². The van der Waals surface area contributed by atoms with E-state index in [9.17, 15) is 0 Å². The first-order chi connectivity index (χ1) is 18.5. The fraction of sp³-hybridized carbons (Fsp3) is 0.636. The fourth-order valence-electron chi connectivity index (χ4n) is 7.38. The number of fused-ring (bicyclic) bond motifs is 2.